The first-order valence-electron chi connectivity index (χ1n) is 9.67. The van der Waals surface area contributed by atoms with Crippen molar-refractivity contribution in [2.45, 2.75) is 44.8 Å². The number of rotatable bonds is 2. The lowest BCUT2D eigenvalue weighted by atomic mass is 9.46. The number of carbonyl (C=O) groups excluding carboxylic acids is 3. The van der Waals surface area contributed by atoms with Crippen molar-refractivity contribution in [2.75, 3.05) is 5.88 Å². The summed E-state index contributed by atoms with van der Waals surface area (Å²) < 4.78 is 0. The summed E-state index contributed by atoms with van der Waals surface area (Å²) in [6, 6.07) is 0. The van der Waals surface area contributed by atoms with Gasteiger partial charge in [-0.15, -0.1) is 11.6 Å². The molecule has 3 saturated carbocycles. The molecule has 0 bridgehead atoms. The summed E-state index contributed by atoms with van der Waals surface area (Å²) in [5.74, 6) is -1.86. The van der Waals surface area contributed by atoms with Gasteiger partial charge >= 0.3 is 0 Å². The molecule has 1 unspecified atom stereocenters. The topological polar surface area (TPSA) is 91.7 Å². The maximum Gasteiger partial charge on any atom is 0.183 e. The molecule has 0 radical (unpaired) electrons. The molecule has 0 amide bonds. The highest BCUT2D eigenvalue weighted by molar-refractivity contribution is 6.29. The van der Waals surface area contributed by atoms with E-state index < -0.39 is 28.3 Å². The molecule has 0 aromatic carbocycles. The van der Waals surface area contributed by atoms with Crippen LogP contribution in [0.2, 0.25) is 0 Å². The second-order valence-electron chi connectivity index (χ2n) is 9.26. The van der Waals surface area contributed by atoms with Gasteiger partial charge in [-0.25, -0.2) is 0 Å². The zero-order valence-electron chi connectivity index (χ0n) is 16.1. The summed E-state index contributed by atoms with van der Waals surface area (Å²) >= 11 is 5.79. The Balaban J connectivity index is 1.83. The lowest BCUT2D eigenvalue weighted by Crippen LogP contribution is -2.62. The van der Waals surface area contributed by atoms with Crippen LogP contribution in [-0.2, 0) is 14.4 Å². The van der Waals surface area contributed by atoms with Crippen LogP contribution in [0, 0.1) is 28.6 Å². The van der Waals surface area contributed by atoms with Crippen molar-refractivity contribution < 1.29 is 24.6 Å². The number of halogens is 1. The molecule has 0 saturated heterocycles. The van der Waals surface area contributed by atoms with E-state index in [1.807, 2.05) is 6.92 Å². The third kappa shape index (κ3) is 2.18. The smallest absolute Gasteiger partial charge is 0.183 e. The number of Topliss-reactive ketones (excluding diaryl/α,β-unsaturated/α-hetero) is 2. The Kier molecular flexibility index (Phi) is 4.21. The van der Waals surface area contributed by atoms with Crippen LogP contribution in [-0.4, -0.2) is 45.1 Å². The number of fused-ring (bicyclic) bond motifs is 5. The zero-order chi connectivity index (χ0) is 20.6. The van der Waals surface area contributed by atoms with Gasteiger partial charge in [0.05, 0.1) is 12.0 Å². The number of carbonyl (C=O) groups is 3. The van der Waals surface area contributed by atoms with Crippen molar-refractivity contribution in [2.24, 2.45) is 28.6 Å². The van der Waals surface area contributed by atoms with Crippen LogP contribution in [0.1, 0.15) is 33.1 Å². The number of aliphatic hydroxyl groups excluding tert-OH is 1. The Labute approximate surface area is 169 Å². The third-order valence-electron chi connectivity index (χ3n) is 8.05. The van der Waals surface area contributed by atoms with Gasteiger partial charge in [-0.05, 0) is 42.4 Å². The van der Waals surface area contributed by atoms with Crippen molar-refractivity contribution in [3.63, 3.8) is 0 Å². The molecule has 0 aromatic rings. The van der Waals surface area contributed by atoms with E-state index in [0.29, 0.717) is 17.6 Å². The lowest BCUT2D eigenvalue weighted by molar-refractivity contribution is -0.171. The largest absolute Gasteiger partial charge is 0.393 e. The monoisotopic (exact) mass is 404 g/mol. The molecule has 6 heteroatoms. The summed E-state index contributed by atoms with van der Waals surface area (Å²) in [7, 11) is 0. The molecule has 28 heavy (non-hydrogen) atoms. The van der Waals surface area contributed by atoms with Gasteiger partial charge in [-0.3, -0.25) is 14.4 Å². The predicted molar refractivity (Wildman–Crippen MR) is 104 cm³/mol. The maximum atomic E-state index is 13.0. The van der Waals surface area contributed by atoms with Gasteiger partial charge in [0.15, 0.2) is 23.0 Å². The Morgan fingerprint density at radius 3 is 2.64 bits per heavy atom. The molecule has 4 aliphatic carbocycles. The summed E-state index contributed by atoms with van der Waals surface area (Å²) in [5, 5.41) is 22.6. The molecule has 4 rings (SSSR count). The summed E-state index contributed by atoms with van der Waals surface area (Å²) in [5.41, 5.74) is -2.63. The normalized spacial score (nSPS) is 47.3. The van der Waals surface area contributed by atoms with Gasteiger partial charge in [-0.2, -0.15) is 0 Å². The van der Waals surface area contributed by atoms with Gasteiger partial charge in [0.2, 0.25) is 0 Å². The number of allylic oxidation sites excluding steroid dienone is 4. The maximum absolute atomic E-state index is 13.0. The minimum absolute atomic E-state index is 0.109. The SMILES string of the molecule is C=C1C[C@H]2[C@@H]3CC(=O)C4=CC(=O)C=C[C@]4(C)[C@H]3C(O)C[C@]2(C)[C@@]1(O)C(=O)CCl. The molecule has 5 nitrogen and oxygen atoms in total. The number of ketones is 3. The minimum atomic E-state index is -1.80. The molecule has 150 valence electrons. The first-order valence-corrected chi connectivity index (χ1v) is 10.2. The Hall–Kier alpha value is -1.56. The highest BCUT2D eigenvalue weighted by atomic mass is 35.5. The standard InChI is InChI=1S/C22H25ClO5/c1-11-6-14-13-8-16(25)15-7-12(24)4-5-20(15,2)19(13)17(26)9-21(14,3)22(11,28)18(27)10-23/h4-5,7,13-14,17,19,26,28H,1,6,8-10H2,2-3H3/t13-,14-,17?,19+,20-,21-,22-/m0/s1. The van der Waals surface area contributed by atoms with Crippen molar-refractivity contribution in [1.29, 1.82) is 0 Å². The average Bonchev–Trinajstić information content (AvgIpc) is 2.83. The number of alkyl halides is 1. The molecule has 7 atom stereocenters. The first kappa shape index (κ1) is 19.7. The van der Waals surface area contributed by atoms with E-state index >= 15 is 0 Å². The van der Waals surface area contributed by atoms with Crippen molar-refractivity contribution in [1.82, 2.24) is 0 Å². The first-order chi connectivity index (χ1) is 13.0. The van der Waals surface area contributed by atoms with Crippen molar-refractivity contribution in [3.8, 4) is 0 Å². The molecule has 0 aromatic heterocycles. The number of aliphatic hydroxyl groups is 2. The van der Waals surface area contributed by atoms with E-state index in [4.69, 9.17) is 11.6 Å². The minimum Gasteiger partial charge on any atom is -0.393 e. The Bertz CT molecular complexity index is 872. The average molecular weight is 405 g/mol. The second-order valence-corrected chi connectivity index (χ2v) is 9.53. The van der Waals surface area contributed by atoms with Crippen molar-refractivity contribution in [3.05, 3.63) is 36.0 Å². The van der Waals surface area contributed by atoms with E-state index in [1.165, 1.54) is 12.2 Å². The Morgan fingerprint density at radius 2 is 2.00 bits per heavy atom. The number of hydrogen-bond acceptors (Lipinski definition) is 5. The zero-order valence-corrected chi connectivity index (χ0v) is 16.8. The van der Waals surface area contributed by atoms with E-state index in [1.54, 1.807) is 13.0 Å². The second kappa shape index (κ2) is 5.97. The molecule has 0 heterocycles. The van der Waals surface area contributed by atoms with Crippen LogP contribution < -0.4 is 0 Å². The highest BCUT2D eigenvalue weighted by Crippen LogP contribution is 2.67. The van der Waals surface area contributed by atoms with Gasteiger partial charge in [0, 0.05) is 28.7 Å². The quantitative estimate of drug-likeness (QED) is 0.543. The molecule has 0 aliphatic heterocycles. The van der Waals surface area contributed by atoms with Gasteiger partial charge in [0.1, 0.15) is 0 Å². The molecular formula is C22H25ClO5. The van der Waals surface area contributed by atoms with Crippen LogP contribution in [0.4, 0.5) is 0 Å². The van der Waals surface area contributed by atoms with Gasteiger partial charge in [-0.1, -0.05) is 26.5 Å². The summed E-state index contributed by atoms with van der Waals surface area (Å²) in [6.07, 6.45) is 4.55. The van der Waals surface area contributed by atoms with Crippen LogP contribution in [0.3, 0.4) is 0 Å². The number of hydrogen-bond donors (Lipinski definition) is 2. The van der Waals surface area contributed by atoms with Crippen LogP contribution in [0.25, 0.3) is 0 Å². The molecule has 2 N–H and O–H groups in total. The third-order valence-corrected chi connectivity index (χ3v) is 8.29. The van der Waals surface area contributed by atoms with E-state index in [2.05, 4.69) is 6.58 Å². The van der Waals surface area contributed by atoms with Crippen LogP contribution >= 0.6 is 11.6 Å². The van der Waals surface area contributed by atoms with Gasteiger partial charge in [0.25, 0.3) is 0 Å². The Morgan fingerprint density at radius 1 is 1.32 bits per heavy atom. The lowest BCUT2D eigenvalue weighted by Gasteiger charge is -2.58. The molecular weight excluding hydrogens is 380 g/mol. The van der Waals surface area contributed by atoms with Crippen LogP contribution in [0.5, 0.6) is 0 Å². The fourth-order valence-corrected chi connectivity index (χ4v) is 6.94. The summed E-state index contributed by atoms with van der Waals surface area (Å²) in [6.45, 7) is 7.66. The molecule has 3 fully saturated rings. The molecule has 0 spiro atoms. The van der Waals surface area contributed by atoms with E-state index in [-0.39, 0.29) is 48.0 Å². The van der Waals surface area contributed by atoms with E-state index in [0.717, 1.165) is 0 Å². The highest BCUT2D eigenvalue weighted by Gasteiger charge is 2.70. The predicted octanol–water partition coefficient (Wildman–Crippen LogP) is 2.15. The fraction of sp³-hybridized carbons (Fsp3) is 0.591. The van der Waals surface area contributed by atoms with Crippen LogP contribution in [0.15, 0.2) is 36.0 Å². The molecule has 4 aliphatic rings. The van der Waals surface area contributed by atoms with E-state index in [9.17, 15) is 24.6 Å². The summed E-state index contributed by atoms with van der Waals surface area (Å²) in [4.78, 5) is 37.4. The fourth-order valence-electron chi connectivity index (χ4n) is 6.74. The van der Waals surface area contributed by atoms with Crippen molar-refractivity contribution >= 4 is 29.0 Å². The van der Waals surface area contributed by atoms with Gasteiger partial charge < -0.3 is 10.2 Å².